The van der Waals surface area contributed by atoms with Gasteiger partial charge >= 0.3 is 0 Å². The topological polar surface area (TPSA) is 87.4 Å². The minimum atomic E-state index is 0.0616. The molecule has 1 amide bonds. The molecule has 1 fully saturated rings. The van der Waals surface area contributed by atoms with Crippen molar-refractivity contribution in [3.63, 3.8) is 0 Å². The van der Waals surface area contributed by atoms with Gasteiger partial charge in [-0.3, -0.25) is 9.69 Å². The van der Waals surface area contributed by atoms with Crippen LogP contribution in [0.15, 0.2) is 24.4 Å². The Balaban J connectivity index is 1.42. The van der Waals surface area contributed by atoms with Crippen LogP contribution in [0.1, 0.15) is 47.2 Å². The van der Waals surface area contributed by atoms with E-state index in [1.807, 2.05) is 37.2 Å². The molecule has 2 atom stereocenters. The molecule has 3 heterocycles. The van der Waals surface area contributed by atoms with Gasteiger partial charge in [-0.1, -0.05) is 0 Å². The first-order valence-corrected chi connectivity index (χ1v) is 9.90. The highest BCUT2D eigenvalue weighted by atomic mass is 16.2. The Bertz CT molecular complexity index is 898. The summed E-state index contributed by atoms with van der Waals surface area (Å²) < 4.78 is 0. The minimum absolute atomic E-state index is 0.0616. The number of hydrogen-bond donors (Lipinski definition) is 2. The Morgan fingerprint density at radius 1 is 1.32 bits per heavy atom. The number of piperidine rings is 1. The summed E-state index contributed by atoms with van der Waals surface area (Å²) in [6.07, 6.45) is 3.90. The fourth-order valence-electron chi connectivity index (χ4n) is 4.41. The van der Waals surface area contributed by atoms with Gasteiger partial charge in [0, 0.05) is 56.1 Å². The van der Waals surface area contributed by atoms with Gasteiger partial charge in [0.25, 0.3) is 5.91 Å². The third-order valence-corrected chi connectivity index (χ3v) is 5.99. The second-order valence-corrected chi connectivity index (χ2v) is 7.87. The monoisotopic (exact) mass is 380 g/mol. The number of amides is 1. The number of nitrogens with one attached hydrogen (secondary N) is 1. The lowest BCUT2D eigenvalue weighted by molar-refractivity contribution is 0.0460. The summed E-state index contributed by atoms with van der Waals surface area (Å²) in [5.41, 5.74) is 10.5. The van der Waals surface area contributed by atoms with Crippen molar-refractivity contribution in [1.82, 2.24) is 19.8 Å². The highest BCUT2D eigenvalue weighted by Crippen LogP contribution is 2.30. The summed E-state index contributed by atoms with van der Waals surface area (Å²) in [6, 6.07) is 6.13. The number of nitrogens with two attached hydrogens (primary N) is 1. The van der Waals surface area contributed by atoms with Gasteiger partial charge in [-0.2, -0.15) is 0 Å². The summed E-state index contributed by atoms with van der Waals surface area (Å²) in [4.78, 5) is 26.4. The van der Waals surface area contributed by atoms with Gasteiger partial charge in [-0.05, 0) is 44.9 Å². The molecule has 28 heavy (non-hydrogen) atoms. The lowest BCUT2D eigenvalue weighted by atomic mass is 9.96. The predicted molar refractivity (Wildman–Crippen MR) is 110 cm³/mol. The minimum Gasteiger partial charge on any atom is -0.397 e. The summed E-state index contributed by atoms with van der Waals surface area (Å²) >= 11 is 0. The molecule has 1 aromatic carbocycles. The smallest absolute Gasteiger partial charge is 0.254 e. The first-order valence-electron chi connectivity index (χ1n) is 9.90. The van der Waals surface area contributed by atoms with Crippen LogP contribution in [-0.2, 0) is 13.1 Å². The third-order valence-electron chi connectivity index (χ3n) is 5.99. The highest BCUT2D eigenvalue weighted by molar-refractivity contribution is 5.96. The van der Waals surface area contributed by atoms with Crippen LogP contribution in [0.3, 0.4) is 0 Å². The van der Waals surface area contributed by atoms with Gasteiger partial charge in [0.15, 0.2) is 0 Å². The number of carbonyl (C=O) groups excluding carboxylic acids is 1. The van der Waals surface area contributed by atoms with Crippen LogP contribution in [-0.4, -0.2) is 51.4 Å². The van der Waals surface area contributed by atoms with Crippen LogP contribution in [0.5, 0.6) is 0 Å². The molecule has 4 rings (SSSR count). The number of likely N-dealkylation sites (tertiary alicyclic amines) is 1. The number of anilines is 2. The standard InChI is InChI=1S/C21H28N6O/c1-13-8-17(26-11-16-10-24-14(2)25-20(16)12-26)6-7-27(13)21(28)15-4-5-19(23-3)18(22)9-15/h4-5,9-10,13,17,23H,6-8,11-12,22H2,1-3H3/t13-,17-/m1/s1. The molecule has 0 bridgehead atoms. The van der Waals surface area contributed by atoms with Crippen molar-refractivity contribution in [2.24, 2.45) is 0 Å². The summed E-state index contributed by atoms with van der Waals surface area (Å²) in [5, 5.41) is 3.03. The van der Waals surface area contributed by atoms with E-state index in [2.05, 4.69) is 27.1 Å². The van der Waals surface area contributed by atoms with Crippen LogP contribution in [0.2, 0.25) is 0 Å². The number of rotatable bonds is 3. The Morgan fingerprint density at radius 2 is 2.14 bits per heavy atom. The Kier molecular flexibility index (Phi) is 4.93. The quantitative estimate of drug-likeness (QED) is 0.795. The molecular formula is C21H28N6O. The number of carbonyl (C=O) groups is 1. The van der Waals surface area contributed by atoms with Crippen molar-refractivity contribution in [3.05, 3.63) is 47.0 Å². The van der Waals surface area contributed by atoms with Crippen molar-refractivity contribution >= 4 is 17.3 Å². The summed E-state index contributed by atoms with van der Waals surface area (Å²) in [7, 11) is 1.82. The number of aryl methyl sites for hydroxylation is 1. The number of fused-ring (bicyclic) bond motifs is 1. The maximum absolute atomic E-state index is 13.0. The van der Waals surface area contributed by atoms with E-state index in [4.69, 9.17) is 5.73 Å². The number of aromatic nitrogens is 2. The van der Waals surface area contributed by atoms with E-state index in [1.54, 1.807) is 6.07 Å². The molecule has 0 spiro atoms. The second kappa shape index (κ2) is 7.39. The first kappa shape index (κ1) is 18.7. The molecule has 0 unspecified atom stereocenters. The maximum atomic E-state index is 13.0. The Hall–Kier alpha value is -2.67. The van der Waals surface area contributed by atoms with Crippen LogP contribution >= 0.6 is 0 Å². The second-order valence-electron chi connectivity index (χ2n) is 7.87. The normalized spacial score (nSPS) is 22.2. The molecule has 0 aliphatic carbocycles. The molecule has 7 nitrogen and oxygen atoms in total. The number of nitrogens with zero attached hydrogens (tertiary/aromatic N) is 4. The number of nitrogen functional groups attached to an aromatic ring is 1. The molecular weight excluding hydrogens is 352 g/mol. The van der Waals surface area contributed by atoms with E-state index < -0.39 is 0 Å². The van der Waals surface area contributed by atoms with Gasteiger partial charge in [-0.15, -0.1) is 0 Å². The molecule has 3 N–H and O–H groups in total. The van der Waals surface area contributed by atoms with Crippen LogP contribution in [0.4, 0.5) is 11.4 Å². The molecule has 2 aliphatic heterocycles. The van der Waals surface area contributed by atoms with E-state index in [0.717, 1.165) is 49.7 Å². The van der Waals surface area contributed by atoms with Gasteiger partial charge in [0.05, 0.1) is 17.1 Å². The van der Waals surface area contributed by atoms with Crippen molar-refractivity contribution in [2.75, 3.05) is 24.6 Å². The average Bonchev–Trinajstić information content (AvgIpc) is 3.10. The van der Waals surface area contributed by atoms with Gasteiger partial charge < -0.3 is 16.0 Å². The highest BCUT2D eigenvalue weighted by Gasteiger charge is 2.35. The number of benzene rings is 1. The van der Waals surface area contributed by atoms with Gasteiger partial charge in [0.2, 0.25) is 0 Å². The van der Waals surface area contributed by atoms with Crippen molar-refractivity contribution < 1.29 is 4.79 Å². The molecule has 148 valence electrons. The van der Waals surface area contributed by atoms with E-state index in [1.165, 1.54) is 5.56 Å². The average molecular weight is 380 g/mol. The molecule has 0 saturated carbocycles. The lowest BCUT2D eigenvalue weighted by Crippen LogP contribution is -2.50. The summed E-state index contributed by atoms with van der Waals surface area (Å²) in [6.45, 7) is 6.62. The Labute approximate surface area is 166 Å². The molecule has 1 saturated heterocycles. The fourth-order valence-corrected chi connectivity index (χ4v) is 4.41. The van der Waals surface area contributed by atoms with E-state index in [0.29, 0.717) is 17.3 Å². The van der Waals surface area contributed by atoms with Crippen LogP contribution in [0, 0.1) is 6.92 Å². The fraction of sp³-hybridized carbons (Fsp3) is 0.476. The molecule has 1 aromatic heterocycles. The predicted octanol–water partition coefficient (Wildman–Crippen LogP) is 2.42. The maximum Gasteiger partial charge on any atom is 0.254 e. The Morgan fingerprint density at radius 3 is 2.86 bits per heavy atom. The largest absolute Gasteiger partial charge is 0.397 e. The van der Waals surface area contributed by atoms with Gasteiger partial charge in [0.1, 0.15) is 5.82 Å². The number of hydrogen-bond acceptors (Lipinski definition) is 6. The van der Waals surface area contributed by atoms with Crippen LogP contribution in [0.25, 0.3) is 0 Å². The van der Waals surface area contributed by atoms with Gasteiger partial charge in [-0.25, -0.2) is 9.97 Å². The van der Waals surface area contributed by atoms with E-state index >= 15 is 0 Å². The van der Waals surface area contributed by atoms with Crippen molar-refractivity contribution in [2.45, 2.75) is 51.9 Å². The van der Waals surface area contributed by atoms with E-state index in [-0.39, 0.29) is 11.9 Å². The van der Waals surface area contributed by atoms with Crippen molar-refractivity contribution in [1.29, 1.82) is 0 Å². The zero-order valence-corrected chi connectivity index (χ0v) is 16.8. The zero-order valence-electron chi connectivity index (χ0n) is 16.8. The SMILES string of the molecule is CNc1ccc(C(=O)N2CC[C@@H](N3Cc4cnc(C)nc4C3)C[C@H]2C)cc1N. The van der Waals surface area contributed by atoms with Crippen molar-refractivity contribution in [3.8, 4) is 0 Å². The molecule has 2 aliphatic rings. The van der Waals surface area contributed by atoms with Crippen LogP contribution < -0.4 is 11.1 Å². The summed E-state index contributed by atoms with van der Waals surface area (Å²) in [5.74, 6) is 0.893. The molecule has 7 heteroatoms. The third kappa shape index (κ3) is 3.42. The molecule has 0 radical (unpaired) electrons. The molecule has 2 aromatic rings. The van der Waals surface area contributed by atoms with E-state index in [9.17, 15) is 4.79 Å². The first-order chi connectivity index (χ1) is 13.5. The zero-order chi connectivity index (χ0) is 19.8. The lowest BCUT2D eigenvalue weighted by Gasteiger charge is -2.41.